The Labute approximate surface area is 114 Å². The average molecular weight is 254 g/mol. The highest BCUT2D eigenvalue weighted by Gasteiger charge is 2.33. The monoisotopic (exact) mass is 254 g/mol. The first-order chi connectivity index (χ1) is 9.29. The highest BCUT2D eigenvalue weighted by molar-refractivity contribution is 5.88. The number of fused-ring (bicyclic) bond motifs is 1. The third kappa shape index (κ3) is 2.44. The van der Waals surface area contributed by atoms with Gasteiger partial charge in [0, 0.05) is 18.8 Å². The zero-order chi connectivity index (χ0) is 13.2. The Bertz CT molecular complexity index is 528. The van der Waals surface area contributed by atoms with Crippen molar-refractivity contribution in [1.29, 1.82) is 0 Å². The molecule has 1 amide bonds. The lowest BCUT2D eigenvalue weighted by molar-refractivity contribution is -0.132. The van der Waals surface area contributed by atoms with Crippen molar-refractivity contribution >= 4 is 11.6 Å². The van der Waals surface area contributed by atoms with Crippen LogP contribution in [0.4, 0.5) is 5.69 Å². The van der Waals surface area contributed by atoms with Crippen LogP contribution in [0.2, 0.25) is 0 Å². The standard InChI is InChI=1S/C16H18N2O/c1-2-9-18(11-12-7-8-12)16(19)14-10-17-15-6-4-3-5-13(14)15/h1,3-6,12,14,17H,7-11H2. The van der Waals surface area contributed by atoms with Crippen molar-refractivity contribution in [3.63, 3.8) is 0 Å². The van der Waals surface area contributed by atoms with E-state index < -0.39 is 0 Å². The third-order valence-electron chi connectivity index (χ3n) is 3.90. The topological polar surface area (TPSA) is 32.3 Å². The first-order valence-corrected chi connectivity index (χ1v) is 6.84. The molecule has 19 heavy (non-hydrogen) atoms. The van der Waals surface area contributed by atoms with Gasteiger partial charge in [-0.05, 0) is 30.4 Å². The van der Waals surface area contributed by atoms with Gasteiger partial charge in [-0.2, -0.15) is 0 Å². The van der Waals surface area contributed by atoms with E-state index in [0.717, 1.165) is 17.8 Å². The van der Waals surface area contributed by atoms with Crippen LogP contribution in [0.15, 0.2) is 24.3 Å². The van der Waals surface area contributed by atoms with Gasteiger partial charge in [-0.15, -0.1) is 6.42 Å². The number of anilines is 1. The van der Waals surface area contributed by atoms with Crippen molar-refractivity contribution in [3.8, 4) is 12.3 Å². The van der Waals surface area contributed by atoms with Gasteiger partial charge >= 0.3 is 0 Å². The minimum Gasteiger partial charge on any atom is -0.384 e. The Morgan fingerprint density at radius 2 is 2.21 bits per heavy atom. The first-order valence-electron chi connectivity index (χ1n) is 6.84. The van der Waals surface area contributed by atoms with Crippen LogP contribution < -0.4 is 5.32 Å². The molecule has 1 heterocycles. The molecule has 1 fully saturated rings. The van der Waals surface area contributed by atoms with Crippen molar-refractivity contribution in [2.75, 3.05) is 25.0 Å². The van der Waals surface area contributed by atoms with Gasteiger partial charge in [0.15, 0.2) is 0 Å². The van der Waals surface area contributed by atoms with E-state index in [1.165, 1.54) is 12.8 Å². The molecule has 1 aromatic rings. The minimum atomic E-state index is -0.0803. The number of benzene rings is 1. The maximum absolute atomic E-state index is 12.7. The van der Waals surface area contributed by atoms with Crippen LogP contribution in [0.5, 0.6) is 0 Å². The molecule has 0 spiro atoms. The fourth-order valence-electron chi connectivity index (χ4n) is 2.68. The fourth-order valence-corrected chi connectivity index (χ4v) is 2.68. The molecule has 0 radical (unpaired) electrons. The first kappa shape index (κ1) is 12.1. The molecule has 0 bridgehead atoms. The Morgan fingerprint density at radius 1 is 1.42 bits per heavy atom. The summed E-state index contributed by atoms with van der Waals surface area (Å²) in [4.78, 5) is 14.5. The molecule has 0 saturated heterocycles. The zero-order valence-corrected chi connectivity index (χ0v) is 10.9. The number of carbonyl (C=O) groups is 1. The number of nitrogens with zero attached hydrogens (tertiary/aromatic N) is 1. The molecule has 1 saturated carbocycles. The Morgan fingerprint density at radius 3 is 2.95 bits per heavy atom. The van der Waals surface area contributed by atoms with Gasteiger partial charge in [0.25, 0.3) is 0 Å². The van der Waals surface area contributed by atoms with Crippen molar-refractivity contribution in [2.45, 2.75) is 18.8 Å². The lowest BCUT2D eigenvalue weighted by Crippen LogP contribution is -2.37. The van der Waals surface area contributed by atoms with Gasteiger partial charge < -0.3 is 10.2 Å². The van der Waals surface area contributed by atoms with E-state index in [9.17, 15) is 4.79 Å². The van der Waals surface area contributed by atoms with Gasteiger partial charge in [-0.3, -0.25) is 4.79 Å². The summed E-state index contributed by atoms with van der Waals surface area (Å²) in [6.07, 6.45) is 7.86. The highest BCUT2D eigenvalue weighted by Crippen LogP contribution is 2.34. The normalized spacial score (nSPS) is 20.3. The predicted octanol–water partition coefficient (Wildman–Crippen LogP) is 2.07. The Balaban J connectivity index is 1.77. The number of hydrogen-bond donors (Lipinski definition) is 1. The second-order valence-corrected chi connectivity index (χ2v) is 5.39. The van der Waals surface area contributed by atoms with Gasteiger partial charge in [0.2, 0.25) is 5.91 Å². The molecule has 0 aromatic heterocycles. The smallest absolute Gasteiger partial charge is 0.232 e. The van der Waals surface area contributed by atoms with E-state index in [1.807, 2.05) is 29.2 Å². The molecule has 2 aliphatic rings. The molecule has 1 aromatic carbocycles. The summed E-state index contributed by atoms with van der Waals surface area (Å²) in [5, 5.41) is 3.30. The summed E-state index contributed by atoms with van der Waals surface area (Å²) in [6.45, 7) is 1.93. The van der Waals surface area contributed by atoms with E-state index >= 15 is 0 Å². The number of terminal acetylenes is 1. The highest BCUT2D eigenvalue weighted by atomic mass is 16.2. The maximum Gasteiger partial charge on any atom is 0.232 e. The predicted molar refractivity (Wildman–Crippen MR) is 75.8 cm³/mol. The van der Waals surface area contributed by atoms with E-state index in [-0.39, 0.29) is 11.8 Å². The number of amides is 1. The van der Waals surface area contributed by atoms with Crippen LogP contribution in [0.1, 0.15) is 24.3 Å². The second-order valence-electron chi connectivity index (χ2n) is 5.39. The van der Waals surface area contributed by atoms with Crippen molar-refractivity contribution in [3.05, 3.63) is 29.8 Å². The van der Waals surface area contributed by atoms with Gasteiger partial charge in [0.05, 0.1) is 12.5 Å². The molecule has 1 aliphatic heterocycles. The summed E-state index contributed by atoms with van der Waals surface area (Å²) < 4.78 is 0. The van der Waals surface area contributed by atoms with Crippen molar-refractivity contribution in [1.82, 2.24) is 4.90 Å². The molecular formula is C16H18N2O. The van der Waals surface area contributed by atoms with Crippen LogP contribution in [0.3, 0.4) is 0 Å². The third-order valence-corrected chi connectivity index (χ3v) is 3.90. The van der Waals surface area contributed by atoms with Crippen molar-refractivity contribution in [2.24, 2.45) is 5.92 Å². The van der Waals surface area contributed by atoms with E-state index in [1.54, 1.807) is 0 Å². The molecule has 1 N–H and O–H groups in total. The zero-order valence-electron chi connectivity index (χ0n) is 10.9. The molecule has 3 rings (SSSR count). The summed E-state index contributed by atoms with van der Waals surface area (Å²) in [5.41, 5.74) is 2.18. The minimum absolute atomic E-state index is 0.0803. The van der Waals surface area contributed by atoms with Crippen LogP contribution in [0.25, 0.3) is 0 Å². The Hall–Kier alpha value is -1.95. The molecule has 98 valence electrons. The van der Waals surface area contributed by atoms with Crippen LogP contribution in [0, 0.1) is 18.3 Å². The van der Waals surface area contributed by atoms with Gasteiger partial charge in [-0.1, -0.05) is 24.1 Å². The molecule has 1 aliphatic carbocycles. The molecule has 3 nitrogen and oxygen atoms in total. The van der Waals surface area contributed by atoms with Crippen LogP contribution >= 0.6 is 0 Å². The van der Waals surface area contributed by atoms with Crippen LogP contribution in [-0.4, -0.2) is 30.4 Å². The summed E-state index contributed by atoms with van der Waals surface area (Å²) in [6, 6.07) is 8.03. The Kier molecular flexibility index (Phi) is 3.16. The number of hydrogen-bond acceptors (Lipinski definition) is 2. The molecule has 3 heteroatoms. The second kappa shape index (κ2) is 4.97. The number of carbonyl (C=O) groups excluding carboxylic acids is 1. The SMILES string of the molecule is C#CCN(CC1CC1)C(=O)C1CNc2ccccc21. The van der Waals surface area contributed by atoms with E-state index in [4.69, 9.17) is 6.42 Å². The number of nitrogens with one attached hydrogen (secondary N) is 1. The largest absolute Gasteiger partial charge is 0.384 e. The summed E-state index contributed by atoms with van der Waals surface area (Å²) in [7, 11) is 0. The number of para-hydroxylation sites is 1. The molecule has 1 atom stereocenters. The summed E-state index contributed by atoms with van der Waals surface area (Å²) in [5.74, 6) is 3.37. The summed E-state index contributed by atoms with van der Waals surface area (Å²) >= 11 is 0. The fraction of sp³-hybridized carbons (Fsp3) is 0.438. The van der Waals surface area contributed by atoms with Gasteiger partial charge in [-0.25, -0.2) is 0 Å². The van der Waals surface area contributed by atoms with Crippen LogP contribution in [-0.2, 0) is 4.79 Å². The number of rotatable bonds is 4. The van der Waals surface area contributed by atoms with E-state index in [0.29, 0.717) is 19.0 Å². The quantitative estimate of drug-likeness (QED) is 0.834. The maximum atomic E-state index is 12.7. The lowest BCUT2D eigenvalue weighted by Gasteiger charge is -2.23. The average Bonchev–Trinajstić information content (AvgIpc) is 3.14. The van der Waals surface area contributed by atoms with Crippen molar-refractivity contribution < 1.29 is 4.79 Å². The van der Waals surface area contributed by atoms with E-state index in [2.05, 4.69) is 11.2 Å². The lowest BCUT2D eigenvalue weighted by atomic mass is 9.99. The molecule has 1 unspecified atom stereocenters. The van der Waals surface area contributed by atoms with Gasteiger partial charge in [0.1, 0.15) is 0 Å². The molecular weight excluding hydrogens is 236 g/mol.